The molecule has 0 bridgehead atoms. The third-order valence-electron chi connectivity index (χ3n) is 2.95. The largest absolute Gasteiger partial charge is 0.416 e. The van der Waals surface area contributed by atoms with Crippen LogP contribution in [0.3, 0.4) is 0 Å². The van der Waals surface area contributed by atoms with E-state index in [0.29, 0.717) is 5.69 Å². The highest BCUT2D eigenvalue weighted by molar-refractivity contribution is 5.63. The Morgan fingerprint density at radius 3 is 2.05 bits per heavy atom. The first kappa shape index (κ1) is 13.5. The van der Waals surface area contributed by atoms with Crippen LogP contribution in [0.25, 0.3) is 0 Å². The topological polar surface area (TPSA) is 3.24 Å². The van der Waals surface area contributed by atoms with Gasteiger partial charge in [-0.3, -0.25) is 0 Å². The van der Waals surface area contributed by atoms with Crippen LogP contribution in [0, 0.1) is 6.92 Å². The van der Waals surface area contributed by atoms with Gasteiger partial charge in [-0.15, -0.1) is 0 Å². The fourth-order valence-corrected chi connectivity index (χ4v) is 1.88. The van der Waals surface area contributed by atoms with E-state index in [9.17, 15) is 13.2 Å². The van der Waals surface area contributed by atoms with Crippen molar-refractivity contribution in [3.8, 4) is 0 Å². The lowest BCUT2D eigenvalue weighted by Gasteiger charge is -2.21. The third-order valence-corrected chi connectivity index (χ3v) is 2.95. The molecular weight excluding hydrogens is 251 g/mol. The lowest BCUT2D eigenvalue weighted by atomic mass is 10.1. The predicted octanol–water partition coefficient (Wildman–Crippen LogP) is 4.78. The van der Waals surface area contributed by atoms with Gasteiger partial charge in [0.2, 0.25) is 0 Å². The van der Waals surface area contributed by atoms with Gasteiger partial charge in [-0.05, 0) is 42.8 Å². The van der Waals surface area contributed by atoms with Crippen LogP contribution in [0.1, 0.15) is 11.1 Å². The quantitative estimate of drug-likeness (QED) is 0.755. The molecule has 0 fully saturated rings. The maximum absolute atomic E-state index is 12.7. The summed E-state index contributed by atoms with van der Waals surface area (Å²) in [5.74, 6) is 0. The Morgan fingerprint density at radius 2 is 1.47 bits per heavy atom. The highest BCUT2D eigenvalue weighted by Gasteiger charge is 2.30. The summed E-state index contributed by atoms with van der Waals surface area (Å²) in [6, 6.07) is 12.9. The zero-order valence-corrected chi connectivity index (χ0v) is 10.7. The molecule has 0 heterocycles. The number of rotatable bonds is 2. The van der Waals surface area contributed by atoms with Crippen LogP contribution in [-0.2, 0) is 6.18 Å². The number of nitrogens with zero attached hydrogens (tertiary/aromatic N) is 1. The van der Waals surface area contributed by atoms with Gasteiger partial charge in [0.25, 0.3) is 0 Å². The summed E-state index contributed by atoms with van der Waals surface area (Å²) in [6.07, 6.45) is -4.32. The van der Waals surface area contributed by atoms with Gasteiger partial charge >= 0.3 is 6.18 Å². The van der Waals surface area contributed by atoms with Gasteiger partial charge in [-0.2, -0.15) is 13.2 Å². The molecule has 0 saturated heterocycles. The van der Waals surface area contributed by atoms with E-state index in [2.05, 4.69) is 0 Å². The molecule has 2 aromatic rings. The molecule has 100 valence electrons. The van der Waals surface area contributed by atoms with Gasteiger partial charge < -0.3 is 4.90 Å². The number of hydrogen-bond donors (Lipinski definition) is 0. The smallest absolute Gasteiger partial charge is 0.345 e. The number of hydrogen-bond acceptors (Lipinski definition) is 1. The van der Waals surface area contributed by atoms with E-state index in [4.69, 9.17) is 0 Å². The van der Waals surface area contributed by atoms with E-state index in [1.54, 1.807) is 18.0 Å². The number of anilines is 2. The van der Waals surface area contributed by atoms with Gasteiger partial charge in [-0.1, -0.05) is 18.2 Å². The summed E-state index contributed by atoms with van der Waals surface area (Å²) in [4.78, 5) is 1.74. The maximum Gasteiger partial charge on any atom is 0.416 e. The second-order valence-corrected chi connectivity index (χ2v) is 4.45. The average Bonchev–Trinajstić information content (AvgIpc) is 2.37. The minimum Gasteiger partial charge on any atom is -0.345 e. The van der Waals surface area contributed by atoms with Gasteiger partial charge in [0.15, 0.2) is 0 Å². The molecule has 0 unspecified atom stereocenters. The van der Waals surface area contributed by atoms with Crippen molar-refractivity contribution in [3.05, 3.63) is 59.7 Å². The summed E-state index contributed by atoms with van der Waals surface area (Å²) < 4.78 is 38.0. The molecule has 0 radical (unpaired) electrons. The molecular formula is C15H14F3N. The summed E-state index contributed by atoms with van der Waals surface area (Å²) in [5.41, 5.74) is 1.81. The zero-order valence-electron chi connectivity index (χ0n) is 10.7. The molecule has 19 heavy (non-hydrogen) atoms. The normalized spacial score (nSPS) is 11.4. The monoisotopic (exact) mass is 265 g/mol. The first-order valence-electron chi connectivity index (χ1n) is 5.85. The van der Waals surface area contributed by atoms with E-state index in [1.165, 1.54) is 6.07 Å². The molecule has 0 N–H and O–H groups in total. The van der Waals surface area contributed by atoms with Gasteiger partial charge in [0, 0.05) is 18.4 Å². The van der Waals surface area contributed by atoms with E-state index >= 15 is 0 Å². The lowest BCUT2D eigenvalue weighted by molar-refractivity contribution is -0.137. The Bertz CT molecular complexity index is 576. The second-order valence-electron chi connectivity index (χ2n) is 4.45. The summed E-state index contributed by atoms with van der Waals surface area (Å²) in [5, 5.41) is 0. The summed E-state index contributed by atoms with van der Waals surface area (Å²) in [7, 11) is 1.75. The molecule has 4 heteroatoms. The first-order valence-corrected chi connectivity index (χ1v) is 5.85. The highest BCUT2D eigenvalue weighted by Crippen LogP contribution is 2.33. The molecule has 2 rings (SSSR count). The fraction of sp³-hybridized carbons (Fsp3) is 0.200. The first-order chi connectivity index (χ1) is 8.88. The van der Waals surface area contributed by atoms with Crippen molar-refractivity contribution in [3.63, 3.8) is 0 Å². The lowest BCUT2D eigenvalue weighted by Crippen LogP contribution is -2.11. The summed E-state index contributed by atoms with van der Waals surface area (Å²) in [6.45, 7) is 1.95. The van der Waals surface area contributed by atoms with Crippen molar-refractivity contribution >= 4 is 11.4 Å². The molecule has 1 nitrogen and oxygen atoms in total. The van der Waals surface area contributed by atoms with Gasteiger partial charge in [-0.25, -0.2) is 0 Å². The molecule has 0 amide bonds. The van der Waals surface area contributed by atoms with Crippen LogP contribution in [0.15, 0.2) is 48.5 Å². The van der Waals surface area contributed by atoms with Gasteiger partial charge in [0.1, 0.15) is 0 Å². The van der Waals surface area contributed by atoms with Crippen molar-refractivity contribution in [2.24, 2.45) is 0 Å². The van der Waals surface area contributed by atoms with Crippen molar-refractivity contribution < 1.29 is 13.2 Å². The standard InChI is InChI=1S/C15H14F3N/c1-11-5-3-7-13(9-11)19(2)14-8-4-6-12(10-14)15(16,17)18/h3-10H,1-2H3. The van der Waals surface area contributed by atoms with Crippen LogP contribution in [0.5, 0.6) is 0 Å². The molecule has 2 aromatic carbocycles. The molecule has 0 aliphatic heterocycles. The Labute approximate surface area is 110 Å². The highest BCUT2D eigenvalue weighted by atomic mass is 19.4. The minimum absolute atomic E-state index is 0.514. The SMILES string of the molecule is Cc1cccc(N(C)c2cccc(C(F)(F)F)c2)c1. The van der Waals surface area contributed by atoms with Crippen LogP contribution in [0.2, 0.25) is 0 Å². The van der Waals surface area contributed by atoms with Crippen molar-refractivity contribution in [1.82, 2.24) is 0 Å². The predicted molar refractivity (Wildman–Crippen MR) is 70.7 cm³/mol. The molecule has 0 spiro atoms. The Balaban J connectivity index is 2.37. The van der Waals surface area contributed by atoms with Crippen molar-refractivity contribution in [1.29, 1.82) is 0 Å². The average molecular weight is 265 g/mol. The maximum atomic E-state index is 12.7. The van der Waals surface area contributed by atoms with E-state index in [1.807, 2.05) is 31.2 Å². The van der Waals surface area contributed by atoms with E-state index < -0.39 is 11.7 Å². The number of benzene rings is 2. The molecule has 0 aromatic heterocycles. The van der Waals surface area contributed by atoms with E-state index in [0.717, 1.165) is 23.4 Å². The minimum atomic E-state index is -4.32. The van der Waals surface area contributed by atoms with Crippen LogP contribution in [0.4, 0.5) is 24.5 Å². The third kappa shape index (κ3) is 3.08. The Hall–Kier alpha value is -1.97. The summed E-state index contributed by atoms with van der Waals surface area (Å²) >= 11 is 0. The number of alkyl halides is 3. The van der Waals surface area contributed by atoms with Crippen molar-refractivity contribution in [2.45, 2.75) is 13.1 Å². The fourth-order valence-electron chi connectivity index (χ4n) is 1.88. The second kappa shape index (κ2) is 4.96. The Morgan fingerprint density at radius 1 is 0.895 bits per heavy atom. The molecule has 0 atom stereocenters. The van der Waals surface area contributed by atoms with Crippen LogP contribution in [-0.4, -0.2) is 7.05 Å². The molecule has 0 saturated carbocycles. The van der Waals surface area contributed by atoms with E-state index in [-0.39, 0.29) is 0 Å². The Kier molecular flexibility index (Phi) is 3.51. The molecule has 0 aliphatic carbocycles. The zero-order chi connectivity index (χ0) is 14.0. The van der Waals surface area contributed by atoms with Crippen molar-refractivity contribution in [2.75, 3.05) is 11.9 Å². The number of aryl methyl sites for hydroxylation is 1. The molecule has 0 aliphatic rings. The van der Waals surface area contributed by atoms with Crippen LogP contribution >= 0.6 is 0 Å². The number of halogens is 3. The van der Waals surface area contributed by atoms with Gasteiger partial charge in [0.05, 0.1) is 5.56 Å². The van der Waals surface area contributed by atoms with Crippen LogP contribution < -0.4 is 4.90 Å².